The summed E-state index contributed by atoms with van der Waals surface area (Å²) in [7, 11) is 0. The molecule has 0 spiro atoms. The lowest BCUT2D eigenvalue weighted by Crippen LogP contribution is -1.96. The molecule has 0 fully saturated rings. The summed E-state index contributed by atoms with van der Waals surface area (Å²) in [5, 5.41) is 10.7. The van der Waals surface area contributed by atoms with E-state index in [1.54, 1.807) is 18.3 Å². The smallest absolute Gasteiger partial charge is 0.337 e. The van der Waals surface area contributed by atoms with Crippen molar-refractivity contribution in [2.24, 2.45) is 0 Å². The minimum atomic E-state index is -0.969. The Morgan fingerprint density at radius 3 is 2.65 bits per heavy atom. The Labute approximate surface area is 119 Å². The summed E-state index contributed by atoms with van der Waals surface area (Å²) in [6.45, 7) is 0. The molecule has 1 N–H and O–H groups in total. The Morgan fingerprint density at radius 1 is 1.05 bits per heavy atom. The summed E-state index contributed by atoms with van der Waals surface area (Å²) in [6.07, 6.45) is 3.13. The molecule has 0 unspecified atom stereocenters. The van der Waals surface area contributed by atoms with E-state index in [1.165, 1.54) is 18.0 Å². The van der Waals surface area contributed by atoms with Gasteiger partial charge in [-0.05, 0) is 24.3 Å². The lowest BCUT2D eigenvalue weighted by molar-refractivity contribution is 0.0696. The van der Waals surface area contributed by atoms with Crippen molar-refractivity contribution in [3.63, 3.8) is 0 Å². The highest BCUT2D eigenvalue weighted by Crippen LogP contribution is 2.31. The molecule has 5 heteroatoms. The number of para-hydroxylation sites is 1. The van der Waals surface area contributed by atoms with Crippen molar-refractivity contribution in [3.8, 4) is 0 Å². The van der Waals surface area contributed by atoms with E-state index in [0.29, 0.717) is 0 Å². The van der Waals surface area contributed by atoms with Crippen LogP contribution in [0.15, 0.2) is 64.8 Å². The fourth-order valence-electron chi connectivity index (χ4n) is 1.84. The Bertz CT molecular complexity index is 767. The van der Waals surface area contributed by atoms with Crippen LogP contribution in [0.3, 0.4) is 0 Å². The summed E-state index contributed by atoms with van der Waals surface area (Å²) in [4.78, 5) is 20.3. The molecule has 0 saturated heterocycles. The summed E-state index contributed by atoms with van der Waals surface area (Å²) < 4.78 is 0. The Balaban J connectivity index is 1.95. The molecule has 0 aliphatic heterocycles. The zero-order chi connectivity index (χ0) is 13.9. The maximum absolute atomic E-state index is 10.8. The highest BCUT2D eigenvalue weighted by Gasteiger charge is 2.06. The van der Waals surface area contributed by atoms with Gasteiger partial charge in [-0.1, -0.05) is 30.0 Å². The maximum atomic E-state index is 10.8. The summed E-state index contributed by atoms with van der Waals surface area (Å²) in [5.74, 6) is -0.969. The standard InChI is InChI=1S/C15H10N2O2S/c18-15(19)10-5-6-14(17-9-10)20-13-7-8-16-12-4-2-1-3-11(12)13/h1-9H,(H,18,19). The van der Waals surface area contributed by atoms with E-state index in [4.69, 9.17) is 5.11 Å². The van der Waals surface area contributed by atoms with Gasteiger partial charge >= 0.3 is 5.97 Å². The van der Waals surface area contributed by atoms with Gasteiger partial charge in [0.25, 0.3) is 0 Å². The van der Waals surface area contributed by atoms with Crippen molar-refractivity contribution in [2.75, 3.05) is 0 Å². The number of aromatic nitrogens is 2. The Hall–Kier alpha value is -2.40. The average molecular weight is 282 g/mol. The quantitative estimate of drug-likeness (QED) is 0.796. The van der Waals surface area contributed by atoms with Gasteiger partial charge in [0, 0.05) is 22.7 Å². The number of nitrogens with zero attached hydrogens (tertiary/aromatic N) is 2. The summed E-state index contributed by atoms with van der Waals surface area (Å²) >= 11 is 1.49. The monoisotopic (exact) mass is 282 g/mol. The number of hydrogen-bond donors (Lipinski definition) is 1. The van der Waals surface area contributed by atoms with Gasteiger partial charge < -0.3 is 5.11 Å². The number of fused-ring (bicyclic) bond motifs is 1. The van der Waals surface area contributed by atoms with Gasteiger partial charge in [-0.3, -0.25) is 4.98 Å². The van der Waals surface area contributed by atoms with E-state index in [2.05, 4.69) is 9.97 Å². The van der Waals surface area contributed by atoms with Gasteiger partial charge in [-0.2, -0.15) is 0 Å². The summed E-state index contributed by atoms with van der Waals surface area (Å²) in [6, 6.07) is 13.1. The van der Waals surface area contributed by atoms with Crippen LogP contribution in [-0.2, 0) is 0 Å². The van der Waals surface area contributed by atoms with Gasteiger partial charge in [0.05, 0.1) is 11.1 Å². The zero-order valence-corrected chi connectivity index (χ0v) is 11.2. The molecule has 2 aromatic heterocycles. The molecule has 0 radical (unpaired) electrons. The molecule has 0 amide bonds. The van der Waals surface area contributed by atoms with E-state index < -0.39 is 5.97 Å². The van der Waals surface area contributed by atoms with Crippen molar-refractivity contribution in [2.45, 2.75) is 9.92 Å². The van der Waals surface area contributed by atoms with Gasteiger partial charge in [0.2, 0.25) is 0 Å². The molecule has 3 rings (SSSR count). The van der Waals surface area contributed by atoms with E-state index in [1.807, 2.05) is 30.3 Å². The molecule has 98 valence electrons. The second kappa shape index (κ2) is 5.30. The summed E-state index contributed by atoms with van der Waals surface area (Å²) in [5.41, 5.74) is 1.12. The first kappa shape index (κ1) is 12.6. The van der Waals surface area contributed by atoms with Gasteiger partial charge in [-0.15, -0.1) is 0 Å². The number of carboxylic acid groups (broad SMARTS) is 1. The van der Waals surface area contributed by atoms with E-state index in [-0.39, 0.29) is 5.56 Å². The number of benzene rings is 1. The number of aromatic carboxylic acids is 1. The molecule has 3 aromatic rings. The van der Waals surface area contributed by atoms with Gasteiger partial charge in [0.1, 0.15) is 5.03 Å². The molecule has 20 heavy (non-hydrogen) atoms. The Morgan fingerprint density at radius 2 is 1.90 bits per heavy atom. The van der Waals surface area contributed by atoms with Crippen molar-refractivity contribution >= 4 is 28.6 Å². The maximum Gasteiger partial charge on any atom is 0.337 e. The van der Waals surface area contributed by atoms with Crippen molar-refractivity contribution in [1.29, 1.82) is 0 Å². The Kier molecular flexibility index (Phi) is 3.35. The molecule has 2 heterocycles. The van der Waals surface area contributed by atoms with Crippen LogP contribution in [0.25, 0.3) is 10.9 Å². The fraction of sp³-hybridized carbons (Fsp3) is 0. The van der Waals surface area contributed by atoms with Gasteiger partial charge in [-0.25, -0.2) is 9.78 Å². The first-order valence-electron chi connectivity index (χ1n) is 5.95. The minimum absolute atomic E-state index is 0.189. The molecule has 0 atom stereocenters. The highest BCUT2D eigenvalue weighted by atomic mass is 32.2. The van der Waals surface area contributed by atoms with E-state index >= 15 is 0 Å². The van der Waals surface area contributed by atoms with Crippen LogP contribution >= 0.6 is 11.8 Å². The van der Waals surface area contributed by atoms with Crippen LogP contribution < -0.4 is 0 Å². The molecular formula is C15H10N2O2S. The number of pyridine rings is 2. The third-order valence-corrected chi connectivity index (χ3v) is 3.83. The third kappa shape index (κ3) is 2.48. The number of carbonyl (C=O) groups is 1. The van der Waals surface area contributed by atoms with Crippen molar-refractivity contribution < 1.29 is 9.90 Å². The van der Waals surface area contributed by atoms with Crippen LogP contribution in [0.2, 0.25) is 0 Å². The van der Waals surface area contributed by atoms with E-state index in [9.17, 15) is 4.79 Å². The lowest BCUT2D eigenvalue weighted by Gasteiger charge is -2.05. The largest absolute Gasteiger partial charge is 0.478 e. The zero-order valence-electron chi connectivity index (χ0n) is 10.4. The second-order valence-corrected chi connectivity index (χ2v) is 5.18. The molecule has 4 nitrogen and oxygen atoms in total. The van der Waals surface area contributed by atoms with Crippen LogP contribution in [0.5, 0.6) is 0 Å². The normalized spacial score (nSPS) is 10.6. The van der Waals surface area contributed by atoms with Crippen LogP contribution in [0.1, 0.15) is 10.4 Å². The number of carboxylic acids is 1. The van der Waals surface area contributed by atoms with Crippen LogP contribution in [0, 0.1) is 0 Å². The topological polar surface area (TPSA) is 63.1 Å². The first-order chi connectivity index (χ1) is 9.74. The molecule has 0 aliphatic carbocycles. The first-order valence-corrected chi connectivity index (χ1v) is 6.76. The van der Waals surface area contributed by atoms with E-state index in [0.717, 1.165) is 20.8 Å². The highest BCUT2D eigenvalue weighted by molar-refractivity contribution is 7.99. The predicted octanol–water partition coefficient (Wildman–Crippen LogP) is 3.48. The fourth-order valence-corrected chi connectivity index (χ4v) is 2.72. The van der Waals surface area contributed by atoms with Crippen LogP contribution in [0.4, 0.5) is 0 Å². The van der Waals surface area contributed by atoms with Crippen LogP contribution in [-0.4, -0.2) is 21.0 Å². The lowest BCUT2D eigenvalue weighted by atomic mass is 10.2. The minimum Gasteiger partial charge on any atom is -0.478 e. The predicted molar refractivity (Wildman–Crippen MR) is 77.1 cm³/mol. The second-order valence-electron chi connectivity index (χ2n) is 4.12. The number of hydrogen-bond acceptors (Lipinski definition) is 4. The molecule has 0 saturated carbocycles. The average Bonchev–Trinajstić information content (AvgIpc) is 2.48. The SMILES string of the molecule is O=C(O)c1ccc(Sc2ccnc3ccccc23)nc1. The molecule has 1 aromatic carbocycles. The van der Waals surface area contributed by atoms with Crippen molar-refractivity contribution in [1.82, 2.24) is 9.97 Å². The third-order valence-electron chi connectivity index (χ3n) is 2.81. The number of rotatable bonds is 3. The molecule has 0 bridgehead atoms. The molecular weight excluding hydrogens is 272 g/mol. The van der Waals surface area contributed by atoms with Gasteiger partial charge in [0.15, 0.2) is 0 Å². The molecule has 0 aliphatic rings. The van der Waals surface area contributed by atoms with Crippen molar-refractivity contribution in [3.05, 3.63) is 60.4 Å².